The number of nitrogens with two attached hydrogens (primary N) is 1. The van der Waals surface area contributed by atoms with Crippen LogP contribution in [-0.4, -0.2) is 22.6 Å². The zero-order valence-corrected chi connectivity index (χ0v) is 12.5. The van der Waals surface area contributed by atoms with E-state index in [0.717, 1.165) is 5.56 Å². The number of nitrogens with zero attached hydrogens (tertiary/aromatic N) is 2. The van der Waals surface area contributed by atoms with Crippen molar-refractivity contribution in [3.8, 4) is 0 Å². The molecule has 0 aliphatic rings. The monoisotopic (exact) mass is 318 g/mol. The average molecular weight is 319 g/mol. The van der Waals surface area contributed by atoms with Crippen molar-refractivity contribution in [2.24, 2.45) is 0 Å². The van der Waals surface area contributed by atoms with Crippen LogP contribution in [0.15, 0.2) is 42.7 Å². The second-order valence-corrected chi connectivity index (χ2v) is 4.67. The third-order valence-corrected chi connectivity index (χ3v) is 3.03. The molecule has 114 valence electrons. The van der Waals surface area contributed by atoms with Crippen LogP contribution in [0.3, 0.4) is 0 Å². The van der Waals surface area contributed by atoms with Gasteiger partial charge in [-0.05, 0) is 5.56 Å². The van der Waals surface area contributed by atoms with Crippen molar-refractivity contribution >= 4 is 29.6 Å². The molecule has 7 heteroatoms. The summed E-state index contributed by atoms with van der Waals surface area (Å²) in [7, 11) is 0. The van der Waals surface area contributed by atoms with E-state index in [2.05, 4.69) is 15.3 Å². The Kier molecular flexibility index (Phi) is 5.73. The first-order valence-electron chi connectivity index (χ1n) is 6.54. The fourth-order valence-electron chi connectivity index (χ4n) is 1.63. The van der Waals surface area contributed by atoms with Gasteiger partial charge in [0.1, 0.15) is 23.9 Å². The molecule has 0 aliphatic carbocycles. The molecule has 22 heavy (non-hydrogen) atoms. The summed E-state index contributed by atoms with van der Waals surface area (Å²) in [6.45, 7) is 0.500. The van der Waals surface area contributed by atoms with Gasteiger partial charge in [0, 0.05) is 6.54 Å². The van der Waals surface area contributed by atoms with Crippen LogP contribution >= 0.6 is 11.6 Å². The summed E-state index contributed by atoms with van der Waals surface area (Å²) < 4.78 is 5.07. The summed E-state index contributed by atoms with van der Waals surface area (Å²) in [5.41, 5.74) is 7.12. The van der Waals surface area contributed by atoms with Gasteiger partial charge in [0.05, 0.1) is 5.56 Å². The minimum Gasteiger partial charge on any atom is -0.445 e. The lowest BCUT2D eigenvalue weighted by Crippen LogP contribution is -2.24. The standard InChI is InChI=1S/C15H15ClN4O2/c16-13-12(14(17)20-10-19-13)7-4-8-18-15(21)22-9-11-5-2-1-3-6-11/h1-7,10H,8-9H2,(H,18,21)(H2,17,19,20). The van der Waals surface area contributed by atoms with Crippen LogP contribution in [0.2, 0.25) is 5.15 Å². The van der Waals surface area contributed by atoms with Crippen molar-refractivity contribution in [2.75, 3.05) is 12.3 Å². The molecule has 1 aromatic heterocycles. The summed E-state index contributed by atoms with van der Waals surface area (Å²) >= 11 is 5.89. The van der Waals surface area contributed by atoms with E-state index in [1.54, 1.807) is 12.2 Å². The quantitative estimate of drug-likeness (QED) is 0.827. The van der Waals surface area contributed by atoms with Crippen LogP contribution in [0.25, 0.3) is 6.08 Å². The van der Waals surface area contributed by atoms with E-state index in [0.29, 0.717) is 5.56 Å². The molecule has 2 rings (SSSR count). The van der Waals surface area contributed by atoms with Crippen LogP contribution in [0.4, 0.5) is 10.6 Å². The second-order valence-electron chi connectivity index (χ2n) is 4.31. The predicted molar refractivity (Wildman–Crippen MR) is 85.1 cm³/mol. The number of carbonyl (C=O) groups is 1. The van der Waals surface area contributed by atoms with Gasteiger partial charge in [-0.25, -0.2) is 14.8 Å². The van der Waals surface area contributed by atoms with Crippen LogP contribution < -0.4 is 11.1 Å². The number of anilines is 1. The van der Waals surface area contributed by atoms with Crippen molar-refractivity contribution < 1.29 is 9.53 Å². The van der Waals surface area contributed by atoms with Gasteiger partial charge < -0.3 is 15.8 Å². The van der Waals surface area contributed by atoms with Gasteiger partial charge in [-0.15, -0.1) is 0 Å². The Morgan fingerprint density at radius 2 is 2.09 bits per heavy atom. The maximum absolute atomic E-state index is 11.5. The highest BCUT2D eigenvalue weighted by Gasteiger charge is 2.03. The number of alkyl carbamates (subject to hydrolysis) is 1. The van der Waals surface area contributed by atoms with Crippen molar-refractivity contribution in [2.45, 2.75) is 6.61 Å². The molecule has 1 heterocycles. The van der Waals surface area contributed by atoms with Crippen LogP contribution in [-0.2, 0) is 11.3 Å². The number of aromatic nitrogens is 2. The Labute approximate surface area is 133 Å². The summed E-state index contributed by atoms with van der Waals surface area (Å²) in [6.07, 6.45) is 4.12. The van der Waals surface area contributed by atoms with Crippen molar-refractivity contribution in [1.82, 2.24) is 15.3 Å². The normalized spacial score (nSPS) is 10.6. The Morgan fingerprint density at radius 1 is 1.32 bits per heavy atom. The molecule has 1 aromatic carbocycles. The Morgan fingerprint density at radius 3 is 2.82 bits per heavy atom. The largest absolute Gasteiger partial charge is 0.445 e. The smallest absolute Gasteiger partial charge is 0.407 e. The summed E-state index contributed by atoms with van der Waals surface area (Å²) in [5.74, 6) is 0.280. The van der Waals surface area contributed by atoms with Crippen LogP contribution in [0, 0.1) is 0 Å². The van der Waals surface area contributed by atoms with Gasteiger partial charge >= 0.3 is 6.09 Å². The lowest BCUT2D eigenvalue weighted by Gasteiger charge is -2.05. The number of nitrogen functional groups attached to an aromatic ring is 1. The minimum absolute atomic E-state index is 0.224. The highest BCUT2D eigenvalue weighted by atomic mass is 35.5. The first-order valence-corrected chi connectivity index (χ1v) is 6.91. The number of ether oxygens (including phenoxy) is 1. The average Bonchev–Trinajstić information content (AvgIpc) is 2.53. The fourth-order valence-corrected chi connectivity index (χ4v) is 1.84. The summed E-state index contributed by atoms with van der Waals surface area (Å²) in [6, 6.07) is 9.43. The minimum atomic E-state index is -0.503. The van der Waals surface area contributed by atoms with Crippen LogP contribution in [0.5, 0.6) is 0 Å². The van der Waals surface area contributed by atoms with E-state index < -0.39 is 6.09 Å². The molecular weight excluding hydrogens is 304 g/mol. The zero-order valence-electron chi connectivity index (χ0n) is 11.7. The van der Waals surface area contributed by atoms with E-state index >= 15 is 0 Å². The molecule has 3 N–H and O–H groups in total. The third-order valence-electron chi connectivity index (χ3n) is 2.73. The van der Waals surface area contributed by atoms with Gasteiger partial charge in [-0.2, -0.15) is 0 Å². The van der Waals surface area contributed by atoms with Crippen molar-refractivity contribution in [3.63, 3.8) is 0 Å². The maximum atomic E-state index is 11.5. The predicted octanol–water partition coefficient (Wildman–Crippen LogP) is 2.65. The van der Waals surface area contributed by atoms with Gasteiger partial charge in [-0.1, -0.05) is 54.1 Å². The Hall–Kier alpha value is -2.60. The van der Waals surface area contributed by atoms with Crippen molar-refractivity contribution in [3.05, 3.63) is 59.0 Å². The molecule has 0 saturated carbocycles. The SMILES string of the molecule is Nc1ncnc(Cl)c1C=CCNC(=O)OCc1ccccc1. The number of rotatable bonds is 5. The van der Waals surface area contributed by atoms with E-state index in [1.807, 2.05) is 30.3 Å². The number of amides is 1. The molecule has 2 aromatic rings. The number of hydrogen-bond donors (Lipinski definition) is 2. The topological polar surface area (TPSA) is 90.1 Å². The Bertz CT molecular complexity index is 642. The van der Waals surface area contributed by atoms with E-state index in [9.17, 15) is 4.79 Å². The number of hydrogen-bond acceptors (Lipinski definition) is 5. The number of halogens is 1. The summed E-state index contributed by atoms with van der Waals surface area (Å²) in [5, 5.41) is 2.85. The number of carbonyl (C=O) groups excluding carboxylic acids is 1. The summed E-state index contributed by atoms with van der Waals surface area (Å²) in [4.78, 5) is 19.2. The van der Waals surface area contributed by atoms with Gasteiger partial charge in [0.25, 0.3) is 0 Å². The number of benzene rings is 1. The van der Waals surface area contributed by atoms with Crippen LogP contribution in [0.1, 0.15) is 11.1 Å². The van der Waals surface area contributed by atoms with E-state index in [1.165, 1.54) is 6.33 Å². The zero-order chi connectivity index (χ0) is 15.8. The Balaban J connectivity index is 1.76. The number of nitrogens with one attached hydrogen (secondary N) is 1. The van der Waals surface area contributed by atoms with E-state index in [4.69, 9.17) is 22.1 Å². The van der Waals surface area contributed by atoms with Crippen molar-refractivity contribution in [1.29, 1.82) is 0 Å². The molecule has 0 bridgehead atoms. The molecule has 0 spiro atoms. The molecule has 0 radical (unpaired) electrons. The fraction of sp³-hybridized carbons (Fsp3) is 0.133. The second kappa shape index (κ2) is 7.99. The molecule has 0 saturated heterocycles. The first-order chi connectivity index (χ1) is 10.7. The van der Waals surface area contributed by atoms with Gasteiger partial charge in [0.2, 0.25) is 0 Å². The maximum Gasteiger partial charge on any atom is 0.407 e. The molecular formula is C15H15ClN4O2. The molecule has 0 aliphatic heterocycles. The highest BCUT2D eigenvalue weighted by molar-refractivity contribution is 6.31. The lowest BCUT2D eigenvalue weighted by atomic mass is 10.2. The highest BCUT2D eigenvalue weighted by Crippen LogP contribution is 2.18. The third kappa shape index (κ3) is 4.75. The molecule has 6 nitrogen and oxygen atoms in total. The lowest BCUT2D eigenvalue weighted by molar-refractivity contribution is 0.141. The molecule has 1 amide bonds. The molecule has 0 unspecified atom stereocenters. The molecule has 0 atom stereocenters. The van der Waals surface area contributed by atoms with Gasteiger partial charge in [0.15, 0.2) is 0 Å². The van der Waals surface area contributed by atoms with E-state index in [-0.39, 0.29) is 24.1 Å². The van der Waals surface area contributed by atoms with Gasteiger partial charge in [-0.3, -0.25) is 0 Å². The molecule has 0 fully saturated rings. The first kappa shape index (κ1) is 15.8.